The van der Waals surface area contributed by atoms with Gasteiger partial charge in [-0.25, -0.2) is 0 Å². The fourth-order valence-electron chi connectivity index (χ4n) is 0.965. The summed E-state index contributed by atoms with van der Waals surface area (Å²) < 4.78 is 0.626. The number of rotatable bonds is 2. The number of carbonyl (C=O) groups is 1. The molecule has 3 N–H and O–H groups in total. The number of hydrogen-bond acceptors (Lipinski definition) is 3. The molecule has 4 nitrogen and oxygen atoms in total. The van der Waals surface area contributed by atoms with E-state index in [1.165, 1.54) is 6.07 Å². The third kappa shape index (κ3) is 2.10. The van der Waals surface area contributed by atoms with Crippen molar-refractivity contribution in [1.29, 1.82) is 5.26 Å². The Bertz CT molecular complexity index is 412. The predicted molar refractivity (Wildman–Crippen MR) is 53.4 cm³/mol. The molecule has 14 heavy (non-hydrogen) atoms. The smallest absolute Gasteiger partial charge is 0.325 e. The summed E-state index contributed by atoms with van der Waals surface area (Å²) in [5.41, 5.74) is 6.18. The Kier molecular flexibility index (Phi) is 3.23. The zero-order chi connectivity index (χ0) is 10.7. The van der Waals surface area contributed by atoms with E-state index in [2.05, 4.69) is 15.9 Å². The first-order valence-electron chi connectivity index (χ1n) is 3.74. The van der Waals surface area contributed by atoms with Crippen molar-refractivity contribution in [1.82, 2.24) is 0 Å². The first kappa shape index (κ1) is 10.7. The van der Waals surface area contributed by atoms with Gasteiger partial charge in [0.1, 0.15) is 12.1 Å². The van der Waals surface area contributed by atoms with Crippen molar-refractivity contribution >= 4 is 21.9 Å². The number of carboxylic acids is 1. The highest BCUT2D eigenvalue weighted by Crippen LogP contribution is 2.20. The van der Waals surface area contributed by atoms with Crippen LogP contribution in [-0.2, 0) is 4.79 Å². The van der Waals surface area contributed by atoms with E-state index in [1.54, 1.807) is 12.1 Å². The summed E-state index contributed by atoms with van der Waals surface area (Å²) in [4.78, 5) is 10.6. The molecule has 0 radical (unpaired) electrons. The SMILES string of the molecule is N#Cc1cc([C@@H](N)C(=O)O)ccc1Br. The van der Waals surface area contributed by atoms with Gasteiger partial charge in [0.05, 0.1) is 5.56 Å². The van der Waals surface area contributed by atoms with Gasteiger partial charge < -0.3 is 10.8 Å². The Morgan fingerprint density at radius 2 is 2.29 bits per heavy atom. The molecule has 1 aromatic carbocycles. The van der Waals surface area contributed by atoms with E-state index < -0.39 is 12.0 Å². The first-order chi connectivity index (χ1) is 6.56. The van der Waals surface area contributed by atoms with Gasteiger partial charge in [-0.1, -0.05) is 6.07 Å². The third-order valence-electron chi connectivity index (χ3n) is 1.74. The summed E-state index contributed by atoms with van der Waals surface area (Å²) in [6.45, 7) is 0. The quantitative estimate of drug-likeness (QED) is 0.836. The van der Waals surface area contributed by atoms with Crippen LogP contribution in [0.3, 0.4) is 0 Å². The molecule has 1 aromatic rings. The molecule has 5 heteroatoms. The molecule has 0 unspecified atom stereocenters. The van der Waals surface area contributed by atoms with E-state index in [-0.39, 0.29) is 0 Å². The number of benzene rings is 1. The molecule has 0 heterocycles. The van der Waals surface area contributed by atoms with Crippen LogP contribution in [-0.4, -0.2) is 11.1 Å². The Balaban J connectivity index is 3.14. The Morgan fingerprint density at radius 1 is 1.64 bits per heavy atom. The second-order valence-corrected chi connectivity index (χ2v) is 3.52. The van der Waals surface area contributed by atoms with Crippen LogP contribution in [0.5, 0.6) is 0 Å². The average Bonchev–Trinajstić information content (AvgIpc) is 2.17. The van der Waals surface area contributed by atoms with Crippen molar-refractivity contribution in [2.45, 2.75) is 6.04 Å². The van der Waals surface area contributed by atoms with Crippen LogP contribution in [0.4, 0.5) is 0 Å². The van der Waals surface area contributed by atoms with Crippen molar-refractivity contribution in [3.8, 4) is 6.07 Å². The summed E-state index contributed by atoms with van der Waals surface area (Å²) in [7, 11) is 0. The van der Waals surface area contributed by atoms with Crippen LogP contribution in [0.2, 0.25) is 0 Å². The van der Waals surface area contributed by atoms with E-state index in [1.807, 2.05) is 6.07 Å². The van der Waals surface area contributed by atoms with Crippen molar-refractivity contribution in [3.05, 3.63) is 33.8 Å². The fraction of sp³-hybridized carbons (Fsp3) is 0.111. The minimum absolute atomic E-state index is 0.374. The number of carboxylic acid groups (broad SMARTS) is 1. The highest BCUT2D eigenvalue weighted by atomic mass is 79.9. The highest BCUT2D eigenvalue weighted by molar-refractivity contribution is 9.10. The summed E-state index contributed by atoms with van der Waals surface area (Å²) >= 11 is 3.17. The molecular formula is C9H7BrN2O2. The van der Waals surface area contributed by atoms with Crippen molar-refractivity contribution in [2.75, 3.05) is 0 Å². The molecule has 0 bridgehead atoms. The number of nitriles is 1. The van der Waals surface area contributed by atoms with Crippen molar-refractivity contribution in [2.24, 2.45) is 5.73 Å². The van der Waals surface area contributed by atoms with Crippen LogP contribution in [0.25, 0.3) is 0 Å². The highest BCUT2D eigenvalue weighted by Gasteiger charge is 2.15. The number of nitrogens with two attached hydrogens (primary N) is 1. The Morgan fingerprint density at radius 3 is 2.79 bits per heavy atom. The van der Waals surface area contributed by atoms with Gasteiger partial charge in [-0.2, -0.15) is 5.26 Å². The molecule has 0 aliphatic rings. The maximum absolute atomic E-state index is 10.6. The lowest BCUT2D eigenvalue weighted by atomic mass is 10.1. The van der Waals surface area contributed by atoms with Gasteiger partial charge in [-0.05, 0) is 33.6 Å². The molecule has 0 saturated heterocycles. The maximum atomic E-state index is 10.6. The summed E-state index contributed by atoms with van der Waals surface area (Å²) in [5, 5.41) is 17.3. The van der Waals surface area contributed by atoms with Crippen molar-refractivity contribution in [3.63, 3.8) is 0 Å². The molecule has 0 aliphatic heterocycles. The lowest BCUT2D eigenvalue weighted by Gasteiger charge is -2.07. The number of hydrogen-bond donors (Lipinski definition) is 2. The molecule has 0 amide bonds. The molecule has 0 aromatic heterocycles. The lowest BCUT2D eigenvalue weighted by Crippen LogP contribution is -2.20. The molecule has 1 rings (SSSR count). The van der Waals surface area contributed by atoms with Gasteiger partial charge in [-0.15, -0.1) is 0 Å². The lowest BCUT2D eigenvalue weighted by molar-refractivity contribution is -0.138. The summed E-state index contributed by atoms with van der Waals surface area (Å²) in [6.07, 6.45) is 0. The van der Waals surface area contributed by atoms with Crippen LogP contribution >= 0.6 is 15.9 Å². The van der Waals surface area contributed by atoms with Crippen LogP contribution in [0, 0.1) is 11.3 Å². The standard InChI is InChI=1S/C9H7BrN2O2/c10-7-2-1-5(3-6(7)4-11)8(12)9(13)14/h1-3,8H,12H2,(H,13,14)/t8-/m1/s1. The average molecular weight is 255 g/mol. The zero-order valence-corrected chi connectivity index (χ0v) is 8.65. The number of nitrogens with zero attached hydrogens (tertiary/aromatic N) is 1. The predicted octanol–water partition coefficient (Wildman–Crippen LogP) is 1.41. The fourth-order valence-corrected chi connectivity index (χ4v) is 1.30. The summed E-state index contributed by atoms with van der Waals surface area (Å²) in [6, 6.07) is 5.49. The number of aliphatic carboxylic acids is 1. The minimum atomic E-state index is -1.11. The maximum Gasteiger partial charge on any atom is 0.325 e. The topological polar surface area (TPSA) is 87.1 Å². The monoisotopic (exact) mass is 254 g/mol. The van der Waals surface area contributed by atoms with E-state index in [0.29, 0.717) is 15.6 Å². The molecule has 0 saturated carbocycles. The Labute approximate surface area is 89.1 Å². The molecule has 1 atom stereocenters. The van der Waals surface area contributed by atoms with Gasteiger partial charge >= 0.3 is 5.97 Å². The van der Waals surface area contributed by atoms with E-state index in [0.717, 1.165) is 0 Å². The molecular weight excluding hydrogens is 248 g/mol. The van der Waals surface area contributed by atoms with Crippen LogP contribution < -0.4 is 5.73 Å². The minimum Gasteiger partial charge on any atom is -0.480 e. The normalized spacial score (nSPS) is 11.8. The van der Waals surface area contributed by atoms with E-state index in [4.69, 9.17) is 16.1 Å². The number of halogens is 1. The van der Waals surface area contributed by atoms with Crippen LogP contribution in [0.15, 0.2) is 22.7 Å². The second kappa shape index (κ2) is 4.22. The van der Waals surface area contributed by atoms with Gasteiger partial charge in [0.2, 0.25) is 0 Å². The zero-order valence-electron chi connectivity index (χ0n) is 7.07. The van der Waals surface area contributed by atoms with Gasteiger partial charge in [0.15, 0.2) is 0 Å². The van der Waals surface area contributed by atoms with Crippen molar-refractivity contribution < 1.29 is 9.90 Å². The molecule has 0 spiro atoms. The van der Waals surface area contributed by atoms with Gasteiger partial charge in [0.25, 0.3) is 0 Å². The Hall–Kier alpha value is -1.38. The van der Waals surface area contributed by atoms with E-state index >= 15 is 0 Å². The van der Waals surface area contributed by atoms with Gasteiger partial charge in [-0.3, -0.25) is 4.79 Å². The van der Waals surface area contributed by atoms with Gasteiger partial charge in [0, 0.05) is 4.47 Å². The molecule has 0 aliphatic carbocycles. The van der Waals surface area contributed by atoms with E-state index in [9.17, 15) is 4.79 Å². The third-order valence-corrected chi connectivity index (χ3v) is 2.43. The second-order valence-electron chi connectivity index (χ2n) is 2.67. The summed E-state index contributed by atoms with van der Waals surface area (Å²) in [5.74, 6) is -1.11. The molecule has 72 valence electrons. The largest absolute Gasteiger partial charge is 0.480 e. The van der Waals surface area contributed by atoms with Crippen LogP contribution in [0.1, 0.15) is 17.2 Å². The molecule has 0 fully saturated rings. The first-order valence-corrected chi connectivity index (χ1v) is 4.53.